The summed E-state index contributed by atoms with van der Waals surface area (Å²) in [7, 11) is 0. The summed E-state index contributed by atoms with van der Waals surface area (Å²) in [4.78, 5) is 0. The number of nitrogens with one attached hydrogen (secondary N) is 1. The monoisotopic (exact) mass is 307 g/mol. The molecule has 4 heteroatoms. The molecule has 0 aliphatic heterocycles. The smallest absolute Gasteiger partial charge is 0.124 e. The number of rotatable bonds is 5. The highest BCUT2D eigenvalue weighted by Crippen LogP contribution is 2.18. The van der Waals surface area contributed by atoms with Gasteiger partial charge < -0.3 is 5.32 Å². The second-order valence-corrected chi connectivity index (χ2v) is 5.63. The first-order chi connectivity index (χ1) is 7.49. The molecule has 0 bridgehead atoms. The maximum absolute atomic E-state index is 12.9. The van der Waals surface area contributed by atoms with E-state index >= 15 is 0 Å². The van der Waals surface area contributed by atoms with E-state index in [0.29, 0.717) is 12.6 Å². The van der Waals surface area contributed by atoms with Gasteiger partial charge in [-0.05, 0) is 38.0 Å². The van der Waals surface area contributed by atoms with Gasteiger partial charge in [-0.15, -0.1) is 11.6 Å². The summed E-state index contributed by atoms with van der Waals surface area (Å²) >= 11 is 9.25. The number of benzene rings is 1. The van der Waals surface area contributed by atoms with Crippen LogP contribution in [0, 0.1) is 5.82 Å². The molecule has 0 saturated heterocycles. The fraction of sp³-hybridized carbons (Fsp3) is 0.500. The zero-order valence-corrected chi connectivity index (χ0v) is 11.8. The standard InChI is InChI=1S/C12H16BrClFN/c1-8(14)5-9(2)16-7-10-3-4-11(15)6-12(10)13/h3-4,6,8-9,16H,5,7H2,1-2H3. The van der Waals surface area contributed by atoms with Gasteiger partial charge in [0.2, 0.25) is 0 Å². The highest BCUT2D eigenvalue weighted by Gasteiger charge is 2.07. The zero-order valence-electron chi connectivity index (χ0n) is 9.43. The van der Waals surface area contributed by atoms with Gasteiger partial charge >= 0.3 is 0 Å². The Labute approximate surface area is 110 Å². The van der Waals surface area contributed by atoms with Crippen molar-refractivity contribution >= 4 is 27.5 Å². The van der Waals surface area contributed by atoms with Crippen molar-refractivity contribution < 1.29 is 4.39 Å². The van der Waals surface area contributed by atoms with Crippen molar-refractivity contribution in [3.8, 4) is 0 Å². The molecule has 0 aliphatic rings. The highest BCUT2D eigenvalue weighted by molar-refractivity contribution is 9.10. The summed E-state index contributed by atoms with van der Waals surface area (Å²) < 4.78 is 13.6. The van der Waals surface area contributed by atoms with Crippen molar-refractivity contribution in [2.45, 2.75) is 38.2 Å². The van der Waals surface area contributed by atoms with E-state index in [1.807, 2.05) is 6.92 Å². The van der Waals surface area contributed by atoms with E-state index in [9.17, 15) is 4.39 Å². The maximum Gasteiger partial charge on any atom is 0.124 e. The molecule has 16 heavy (non-hydrogen) atoms. The lowest BCUT2D eigenvalue weighted by Crippen LogP contribution is -2.27. The van der Waals surface area contributed by atoms with E-state index in [2.05, 4.69) is 28.2 Å². The molecule has 90 valence electrons. The SMILES string of the molecule is CC(Cl)CC(C)NCc1ccc(F)cc1Br. The van der Waals surface area contributed by atoms with Crippen molar-refractivity contribution in [3.63, 3.8) is 0 Å². The fourth-order valence-corrected chi connectivity index (χ4v) is 2.28. The molecule has 1 nitrogen and oxygen atoms in total. The highest BCUT2D eigenvalue weighted by atomic mass is 79.9. The minimum atomic E-state index is -0.224. The lowest BCUT2D eigenvalue weighted by atomic mass is 10.1. The van der Waals surface area contributed by atoms with E-state index in [1.54, 1.807) is 6.07 Å². The van der Waals surface area contributed by atoms with Gasteiger partial charge in [-0.1, -0.05) is 22.0 Å². The third-order valence-electron chi connectivity index (χ3n) is 2.33. The summed E-state index contributed by atoms with van der Waals surface area (Å²) in [6.45, 7) is 4.79. The van der Waals surface area contributed by atoms with Crippen LogP contribution in [0.25, 0.3) is 0 Å². The van der Waals surface area contributed by atoms with Gasteiger partial charge in [-0.3, -0.25) is 0 Å². The van der Waals surface area contributed by atoms with Crippen molar-refractivity contribution in [2.75, 3.05) is 0 Å². The molecule has 0 aliphatic carbocycles. The summed E-state index contributed by atoms with van der Waals surface area (Å²) in [5, 5.41) is 3.52. The fourth-order valence-electron chi connectivity index (χ4n) is 1.52. The average molecular weight is 309 g/mol. The van der Waals surface area contributed by atoms with Crippen LogP contribution in [0.2, 0.25) is 0 Å². The third-order valence-corrected chi connectivity index (χ3v) is 3.25. The predicted molar refractivity (Wildman–Crippen MR) is 70.3 cm³/mol. The minimum absolute atomic E-state index is 0.166. The molecule has 0 amide bonds. The van der Waals surface area contributed by atoms with E-state index in [0.717, 1.165) is 16.5 Å². The summed E-state index contributed by atoms with van der Waals surface area (Å²) in [6, 6.07) is 5.08. The second-order valence-electron chi connectivity index (χ2n) is 4.03. The lowest BCUT2D eigenvalue weighted by Gasteiger charge is -2.15. The number of halogens is 3. The van der Waals surface area contributed by atoms with Crippen LogP contribution in [-0.2, 0) is 6.54 Å². The molecule has 1 aromatic carbocycles. The molecular formula is C12H16BrClFN. The van der Waals surface area contributed by atoms with Crippen molar-refractivity contribution in [3.05, 3.63) is 34.1 Å². The van der Waals surface area contributed by atoms with Crippen LogP contribution in [0.4, 0.5) is 4.39 Å². The van der Waals surface area contributed by atoms with E-state index < -0.39 is 0 Å². The number of hydrogen-bond donors (Lipinski definition) is 1. The first-order valence-corrected chi connectivity index (χ1v) is 6.53. The molecule has 0 spiro atoms. The number of hydrogen-bond acceptors (Lipinski definition) is 1. The van der Waals surface area contributed by atoms with Crippen LogP contribution in [0.15, 0.2) is 22.7 Å². The van der Waals surface area contributed by atoms with Crippen LogP contribution < -0.4 is 5.32 Å². The molecule has 2 unspecified atom stereocenters. The average Bonchev–Trinajstić information content (AvgIpc) is 2.15. The van der Waals surface area contributed by atoms with Crippen LogP contribution in [0.1, 0.15) is 25.8 Å². The summed E-state index contributed by atoms with van der Waals surface area (Å²) in [5.41, 5.74) is 1.05. The molecule has 0 saturated carbocycles. The van der Waals surface area contributed by atoms with Gasteiger partial charge in [-0.25, -0.2) is 4.39 Å². The summed E-state index contributed by atoms with van der Waals surface area (Å²) in [6.07, 6.45) is 0.917. The normalized spacial score (nSPS) is 14.8. The van der Waals surface area contributed by atoms with E-state index in [4.69, 9.17) is 11.6 Å². The topological polar surface area (TPSA) is 12.0 Å². The minimum Gasteiger partial charge on any atom is -0.310 e. The molecule has 0 aromatic heterocycles. The first kappa shape index (κ1) is 13.9. The molecule has 1 aromatic rings. The Kier molecular flexibility index (Phi) is 5.73. The largest absolute Gasteiger partial charge is 0.310 e. The van der Waals surface area contributed by atoms with Gasteiger partial charge in [-0.2, -0.15) is 0 Å². The van der Waals surface area contributed by atoms with Gasteiger partial charge in [0.15, 0.2) is 0 Å². The molecule has 0 heterocycles. The molecule has 2 atom stereocenters. The van der Waals surface area contributed by atoms with Crippen molar-refractivity contribution in [1.29, 1.82) is 0 Å². The van der Waals surface area contributed by atoms with E-state index in [-0.39, 0.29) is 11.2 Å². The Morgan fingerprint density at radius 3 is 2.69 bits per heavy atom. The van der Waals surface area contributed by atoms with E-state index in [1.165, 1.54) is 12.1 Å². The Hall–Kier alpha value is -0.120. The van der Waals surface area contributed by atoms with Crippen molar-refractivity contribution in [2.24, 2.45) is 0 Å². The van der Waals surface area contributed by atoms with Gasteiger partial charge in [0.25, 0.3) is 0 Å². The van der Waals surface area contributed by atoms with Crippen LogP contribution in [-0.4, -0.2) is 11.4 Å². The van der Waals surface area contributed by atoms with Crippen LogP contribution in [0.3, 0.4) is 0 Å². The molecule has 0 radical (unpaired) electrons. The molecule has 1 N–H and O–H groups in total. The Morgan fingerprint density at radius 2 is 2.12 bits per heavy atom. The van der Waals surface area contributed by atoms with Crippen LogP contribution in [0.5, 0.6) is 0 Å². The molecular weight excluding hydrogens is 292 g/mol. The summed E-state index contributed by atoms with van der Waals surface area (Å²) in [5.74, 6) is -0.224. The van der Waals surface area contributed by atoms with Gasteiger partial charge in [0, 0.05) is 22.4 Å². The maximum atomic E-state index is 12.9. The number of alkyl halides is 1. The quantitative estimate of drug-likeness (QED) is 0.808. The Morgan fingerprint density at radius 1 is 1.44 bits per heavy atom. The predicted octanol–water partition coefficient (Wildman–Crippen LogP) is 4.08. The second kappa shape index (κ2) is 6.58. The van der Waals surface area contributed by atoms with Crippen LogP contribution >= 0.6 is 27.5 Å². The zero-order chi connectivity index (χ0) is 12.1. The molecule has 0 fully saturated rings. The van der Waals surface area contributed by atoms with Crippen molar-refractivity contribution in [1.82, 2.24) is 5.32 Å². The first-order valence-electron chi connectivity index (χ1n) is 5.30. The Balaban J connectivity index is 2.48. The lowest BCUT2D eigenvalue weighted by molar-refractivity contribution is 0.510. The van der Waals surface area contributed by atoms with Gasteiger partial charge in [0.1, 0.15) is 5.82 Å². The third kappa shape index (κ3) is 4.81. The Bertz CT molecular complexity index is 344. The molecule has 1 rings (SSSR count). The van der Waals surface area contributed by atoms with Gasteiger partial charge in [0.05, 0.1) is 0 Å².